The molecule has 2 amide bonds. The van der Waals surface area contributed by atoms with Crippen LogP contribution < -0.4 is 10.1 Å². The summed E-state index contributed by atoms with van der Waals surface area (Å²) in [4.78, 5) is 14.5. The van der Waals surface area contributed by atoms with Gasteiger partial charge in [-0.2, -0.15) is 0 Å². The minimum atomic E-state index is -0.0812. The molecule has 0 radical (unpaired) electrons. The van der Waals surface area contributed by atoms with Gasteiger partial charge in [-0.15, -0.1) is 0 Å². The van der Waals surface area contributed by atoms with Crippen LogP contribution in [0.5, 0.6) is 5.75 Å². The van der Waals surface area contributed by atoms with Crippen LogP contribution in [0, 0.1) is 5.92 Å². The van der Waals surface area contributed by atoms with Crippen LogP contribution in [0.1, 0.15) is 18.4 Å². The van der Waals surface area contributed by atoms with Crippen LogP contribution in [0.15, 0.2) is 54.6 Å². The van der Waals surface area contributed by atoms with Crippen molar-refractivity contribution in [1.82, 2.24) is 4.90 Å². The fourth-order valence-corrected chi connectivity index (χ4v) is 3.25. The van der Waals surface area contributed by atoms with Crippen molar-refractivity contribution in [2.24, 2.45) is 5.92 Å². The normalized spacial score (nSPS) is 17.0. The van der Waals surface area contributed by atoms with Gasteiger partial charge in [0.1, 0.15) is 5.75 Å². The standard InChI is InChI=1S/C21H26N2O3/c1-25-20-12-6-5-11-19(20)22-21(24)23-13-7-10-18(14-23)16-26-15-17-8-3-2-4-9-17/h2-6,8-9,11-12,18H,7,10,13-16H2,1H3,(H,22,24). The van der Waals surface area contributed by atoms with E-state index >= 15 is 0 Å². The van der Waals surface area contributed by atoms with Gasteiger partial charge in [-0.05, 0) is 30.5 Å². The van der Waals surface area contributed by atoms with Crippen LogP contribution in [0.4, 0.5) is 10.5 Å². The highest BCUT2D eigenvalue weighted by Gasteiger charge is 2.24. The maximum Gasteiger partial charge on any atom is 0.321 e. The first-order valence-corrected chi connectivity index (χ1v) is 9.07. The van der Waals surface area contributed by atoms with E-state index in [0.29, 0.717) is 30.6 Å². The number of nitrogens with zero attached hydrogens (tertiary/aromatic N) is 1. The fraction of sp³-hybridized carbons (Fsp3) is 0.381. The summed E-state index contributed by atoms with van der Waals surface area (Å²) in [5.41, 5.74) is 1.87. The summed E-state index contributed by atoms with van der Waals surface area (Å²) in [6.07, 6.45) is 2.09. The number of nitrogens with one attached hydrogen (secondary N) is 1. The van der Waals surface area contributed by atoms with Crippen LogP contribution in [0.3, 0.4) is 0 Å². The molecule has 26 heavy (non-hydrogen) atoms. The molecule has 1 fully saturated rings. The average Bonchev–Trinajstić information content (AvgIpc) is 2.69. The monoisotopic (exact) mass is 354 g/mol. The van der Waals surface area contributed by atoms with Crippen LogP contribution >= 0.6 is 0 Å². The molecule has 1 aliphatic rings. The lowest BCUT2D eigenvalue weighted by Crippen LogP contribution is -2.43. The number of urea groups is 1. The molecule has 0 aliphatic carbocycles. The second kappa shape index (κ2) is 9.25. The number of benzene rings is 2. The molecule has 1 N–H and O–H groups in total. The van der Waals surface area contributed by atoms with Crippen molar-refractivity contribution in [2.45, 2.75) is 19.4 Å². The van der Waals surface area contributed by atoms with Gasteiger partial charge < -0.3 is 19.7 Å². The van der Waals surface area contributed by atoms with E-state index in [1.54, 1.807) is 7.11 Å². The number of carbonyl (C=O) groups is 1. The summed E-state index contributed by atoms with van der Waals surface area (Å²) in [5.74, 6) is 1.04. The summed E-state index contributed by atoms with van der Waals surface area (Å²) < 4.78 is 11.2. The highest BCUT2D eigenvalue weighted by atomic mass is 16.5. The van der Waals surface area contributed by atoms with Crippen molar-refractivity contribution in [3.05, 3.63) is 60.2 Å². The summed E-state index contributed by atoms with van der Waals surface area (Å²) in [6.45, 7) is 2.78. The van der Waals surface area contributed by atoms with Crippen molar-refractivity contribution in [2.75, 3.05) is 32.1 Å². The quantitative estimate of drug-likeness (QED) is 0.847. The molecule has 2 aromatic rings. The smallest absolute Gasteiger partial charge is 0.321 e. The molecule has 3 rings (SSSR count). The first-order chi connectivity index (χ1) is 12.8. The number of rotatable bonds is 6. The molecule has 1 aliphatic heterocycles. The Morgan fingerprint density at radius 2 is 1.92 bits per heavy atom. The molecule has 0 saturated carbocycles. The van der Waals surface area contributed by atoms with E-state index in [0.717, 1.165) is 25.9 Å². The predicted molar refractivity (Wildman–Crippen MR) is 102 cm³/mol. The van der Waals surface area contributed by atoms with Crippen molar-refractivity contribution in [3.8, 4) is 5.75 Å². The fourth-order valence-electron chi connectivity index (χ4n) is 3.25. The summed E-state index contributed by atoms with van der Waals surface area (Å²) in [6, 6.07) is 17.5. The number of carbonyl (C=O) groups excluding carboxylic acids is 1. The van der Waals surface area contributed by atoms with E-state index in [9.17, 15) is 4.79 Å². The minimum Gasteiger partial charge on any atom is -0.495 e. The third-order valence-corrected chi connectivity index (χ3v) is 4.62. The van der Waals surface area contributed by atoms with Gasteiger partial charge in [-0.25, -0.2) is 4.79 Å². The van der Waals surface area contributed by atoms with E-state index in [4.69, 9.17) is 9.47 Å². The molecule has 1 atom stereocenters. The second-order valence-electron chi connectivity index (χ2n) is 6.59. The SMILES string of the molecule is COc1ccccc1NC(=O)N1CCCC(COCc2ccccc2)C1. The molecule has 0 bridgehead atoms. The molecule has 0 spiro atoms. The Hall–Kier alpha value is -2.53. The highest BCUT2D eigenvalue weighted by molar-refractivity contribution is 5.91. The minimum absolute atomic E-state index is 0.0812. The molecular formula is C21H26N2O3. The van der Waals surface area contributed by atoms with Gasteiger partial charge in [0.25, 0.3) is 0 Å². The molecule has 138 valence electrons. The third kappa shape index (κ3) is 4.99. The van der Waals surface area contributed by atoms with E-state index in [1.165, 1.54) is 5.56 Å². The van der Waals surface area contributed by atoms with E-state index in [2.05, 4.69) is 17.4 Å². The molecule has 0 aromatic heterocycles. The second-order valence-corrected chi connectivity index (χ2v) is 6.59. The molecular weight excluding hydrogens is 328 g/mol. The lowest BCUT2D eigenvalue weighted by Gasteiger charge is -2.32. The first kappa shape index (κ1) is 18.3. The summed E-state index contributed by atoms with van der Waals surface area (Å²) in [7, 11) is 1.60. The number of amides is 2. The average molecular weight is 354 g/mol. The van der Waals surface area contributed by atoms with Crippen LogP contribution in [-0.4, -0.2) is 37.7 Å². The van der Waals surface area contributed by atoms with E-state index < -0.39 is 0 Å². The summed E-state index contributed by atoms with van der Waals surface area (Å²) in [5, 5.41) is 2.95. The Morgan fingerprint density at radius 1 is 1.15 bits per heavy atom. The largest absolute Gasteiger partial charge is 0.495 e. The number of para-hydroxylation sites is 2. The molecule has 1 saturated heterocycles. The lowest BCUT2D eigenvalue weighted by molar-refractivity contribution is 0.0606. The van der Waals surface area contributed by atoms with Gasteiger partial charge >= 0.3 is 6.03 Å². The number of piperidine rings is 1. The first-order valence-electron chi connectivity index (χ1n) is 9.07. The molecule has 1 unspecified atom stereocenters. The van der Waals surface area contributed by atoms with Gasteiger partial charge in [0.2, 0.25) is 0 Å². The number of ether oxygens (including phenoxy) is 2. The van der Waals surface area contributed by atoms with Gasteiger partial charge in [0.15, 0.2) is 0 Å². The van der Waals surface area contributed by atoms with E-state index in [-0.39, 0.29) is 6.03 Å². The molecule has 5 heteroatoms. The van der Waals surface area contributed by atoms with Crippen molar-refractivity contribution in [1.29, 1.82) is 0 Å². The predicted octanol–water partition coefficient (Wildman–Crippen LogP) is 4.16. The van der Waals surface area contributed by atoms with Crippen LogP contribution in [0.25, 0.3) is 0 Å². The van der Waals surface area contributed by atoms with Crippen LogP contribution in [0.2, 0.25) is 0 Å². The lowest BCUT2D eigenvalue weighted by atomic mass is 9.99. The van der Waals surface area contributed by atoms with Gasteiger partial charge in [-0.1, -0.05) is 42.5 Å². The van der Waals surface area contributed by atoms with E-state index in [1.807, 2.05) is 47.4 Å². The van der Waals surface area contributed by atoms with Gasteiger partial charge in [0.05, 0.1) is 26.0 Å². The number of methoxy groups -OCH3 is 1. The number of hydrogen-bond acceptors (Lipinski definition) is 3. The summed E-state index contributed by atoms with van der Waals surface area (Å²) >= 11 is 0. The number of likely N-dealkylation sites (tertiary alicyclic amines) is 1. The molecule has 1 heterocycles. The Balaban J connectivity index is 1.49. The molecule has 2 aromatic carbocycles. The maximum absolute atomic E-state index is 12.6. The zero-order valence-corrected chi connectivity index (χ0v) is 15.2. The van der Waals surface area contributed by atoms with Crippen molar-refractivity contribution < 1.29 is 14.3 Å². The van der Waals surface area contributed by atoms with Gasteiger partial charge in [0, 0.05) is 19.0 Å². The number of hydrogen-bond donors (Lipinski definition) is 1. The number of anilines is 1. The topological polar surface area (TPSA) is 50.8 Å². The Morgan fingerprint density at radius 3 is 2.73 bits per heavy atom. The zero-order chi connectivity index (χ0) is 18.2. The van der Waals surface area contributed by atoms with Gasteiger partial charge in [-0.3, -0.25) is 0 Å². The third-order valence-electron chi connectivity index (χ3n) is 4.62. The highest BCUT2D eigenvalue weighted by Crippen LogP contribution is 2.24. The maximum atomic E-state index is 12.6. The molecule has 5 nitrogen and oxygen atoms in total. The van der Waals surface area contributed by atoms with Crippen molar-refractivity contribution >= 4 is 11.7 Å². The zero-order valence-electron chi connectivity index (χ0n) is 15.2. The Labute approximate surface area is 154 Å². The van der Waals surface area contributed by atoms with Crippen LogP contribution in [-0.2, 0) is 11.3 Å². The van der Waals surface area contributed by atoms with Crippen molar-refractivity contribution in [3.63, 3.8) is 0 Å². The Kier molecular flexibility index (Phi) is 6.50. The Bertz CT molecular complexity index is 705.